The molecule has 2 bridgehead atoms. The highest BCUT2D eigenvalue weighted by Crippen LogP contribution is 2.48. The van der Waals surface area contributed by atoms with Gasteiger partial charge in [-0.25, -0.2) is 9.18 Å². The number of rotatable bonds is 6. The first kappa shape index (κ1) is 17.0. The number of hydrogen-bond acceptors (Lipinski definition) is 3. The number of amides is 2. The molecule has 1 aromatic rings. The van der Waals surface area contributed by atoms with Gasteiger partial charge in [0.15, 0.2) is 11.6 Å². The highest BCUT2D eigenvalue weighted by molar-refractivity contribution is 5.74. The molecule has 132 valence electrons. The van der Waals surface area contributed by atoms with Crippen LogP contribution in [-0.4, -0.2) is 37.4 Å². The van der Waals surface area contributed by atoms with Crippen molar-refractivity contribution in [2.75, 3.05) is 20.3 Å². The number of nitrogens with one attached hydrogen (secondary N) is 2. The van der Waals surface area contributed by atoms with Gasteiger partial charge in [-0.3, -0.25) is 0 Å². The van der Waals surface area contributed by atoms with E-state index in [0.29, 0.717) is 24.8 Å². The molecule has 3 N–H and O–H groups in total. The van der Waals surface area contributed by atoms with Crippen molar-refractivity contribution in [2.45, 2.75) is 31.7 Å². The largest absolute Gasteiger partial charge is 0.494 e. The Labute approximate surface area is 141 Å². The van der Waals surface area contributed by atoms with E-state index in [2.05, 4.69) is 10.6 Å². The summed E-state index contributed by atoms with van der Waals surface area (Å²) < 4.78 is 18.3. The second-order valence-corrected chi connectivity index (χ2v) is 6.82. The van der Waals surface area contributed by atoms with Crippen LogP contribution in [0.3, 0.4) is 0 Å². The minimum atomic E-state index is -0.390. The van der Waals surface area contributed by atoms with Crippen molar-refractivity contribution in [1.82, 2.24) is 10.6 Å². The van der Waals surface area contributed by atoms with Gasteiger partial charge in [0.2, 0.25) is 0 Å². The molecule has 0 spiro atoms. The van der Waals surface area contributed by atoms with Crippen LogP contribution >= 0.6 is 0 Å². The number of halogens is 1. The van der Waals surface area contributed by atoms with Gasteiger partial charge < -0.3 is 20.5 Å². The van der Waals surface area contributed by atoms with Crippen LogP contribution in [0.2, 0.25) is 0 Å². The lowest BCUT2D eigenvalue weighted by Gasteiger charge is -2.30. The summed E-state index contributed by atoms with van der Waals surface area (Å²) in [6, 6.07) is 4.59. The average molecular weight is 336 g/mol. The number of benzene rings is 1. The number of aliphatic hydroxyl groups excluding tert-OH is 1. The predicted octanol–water partition coefficient (Wildman–Crippen LogP) is 2.08. The summed E-state index contributed by atoms with van der Waals surface area (Å²) >= 11 is 0. The third-order valence-corrected chi connectivity index (χ3v) is 5.51. The molecule has 2 saturated carbocycles. The molecule has 1 aromatic carbocycles. The van der Waals surface area contributed by atoms with Gasteiger partial charge >= 0.3 is 6.03 Å². The summed E-state index contributed by atoms with van der Waals surface area (Å²) in [6.45, 7) is 0.604. The van der Waals surface area contributed by atoms with Gasteiger partial charge in [-0.2, -0.15) is 0 Å². The monoisotopic (exact) mass is 336 g/mol. The smallest absolute Gasteiger partial charge is 0.315 e. The number of ether oxygens (including phenoxy) is 1. The van der Waals surface area contributed by atoms with E-state index in [0.717, 1.165) is 18.4 Å². The topological polar surface area (TPSA) is 70.6 Å². The van der Waals surface area contributed by atoms with Crippen LogP contribution < -0.4 is 15.4 Å². The zero-order valence-corrected chi connectivity index (χ0v) is 13.9. The van der Waals surface area contributed by atoms with Crippen molar-refractivity contribution >= 4 is 6.03 Å². The summed E-state index contributed by atoms with van der Waals surface area (Å²) in [7, 11) is 1.43. The van der Waals surface area contributed by atoms with Crippen LogP contribution in [0.25, 0.3) is 0 Å². The van der Waals surface area contributed by atoms with E-state index in [4.69, 9.17) is 4.74 Å². The number of fused-ring (bicyclic) bond motifs is 2. The fourth-order valence-electron chi connectivity index (χ4n) is 4.28. The van der Waals surface area contributed by atoms with Crippen LogP contribution in [0.15, 0.2) is 18.2 Å². The Bertz CT molecular complexity index is 596. The van der Waals surface area contributed by atoms with Crippen LogP contribution in [0.1, 0.15) is 24.8 Å². The molecule has 0 saturated heterocycles. The van der Waals surface area contributed by atoms with Gasteiger partial charge in [0.25, 0.3) is 0 Å². The van der Waals surface area contributed by atoms with Gasteiger partial charge in [0.05, 0.1) is 7.11 Å². The Hall–Kier alpha value is -1.82. The Morgan fingerprint density at radius 2 is 2.17 bits per heavy atom. The second-order valence-electron chi connectivity index (χ2n) is 6.82. The van der Waals surface area contributed by atoms with E-state index in [9.17, 15) is 14.3 Å². The maximum atomic E-state index is 13.4. The van der Waals surface area contributed by atoms with E-state index in [1.165, 1.54) is 19.6 Å². The summed E-state index contributed by atoms with van der Waals surface area (Å²) in [6.07, 6.45) is 4.03. The third kappa shape index (κ3) is 3.48. The zero-order chi connectivity index (χ0) is 17.1. The van der Waals surface area contributed by atoms with E-state index >= 15 is 0 Å². The van der Waals surface area contributed by atoms with Crippen LogP contribution in [0.4, 0.5) is 9.18 Å². The lowest BCUT2D eigenvalue weighted by atomic mass is 9.85. The summed E-state index contributed by atoms with van der Waals surface area (Å²) in [5.74, 6) is 1.06. The second kappa shape index (κ2) is 7.38. The maximum absolute atomic E-state index is 13.4. The Kier molecular flexibility index (Phi) is 5.23. The molecular weight excluding hydrogens is 311 g/mol. The first-order chi connectivity index (χ1) is 11.6. The molecule has 0 heterocycles. The van der Waals surface area contributed by atoms with Gasteiger partial charge in [-0.1, -0.05) is 6.07 Å². The van der Waals surface area contributed by atoms with Crippen molar-refractivity contribution in [1.29, 1.82) is 0 Å². The molecule has 0 radical (unpaired) electrons. The van der Waals surface area contributed by atoms with Crippen molar-refractivity contribution in [3.63, 3.8) is 0 Å². The molecule has 0 aromatic heterocycles. The van der Waals surface area contributed by atoms with Crippen molar-refractivity contribution in [2.24, 2.45) is 17.8 Å². The normalized spacial score (nSPS) is 28.0. The van der Waals surface area contributed by atoms with Crippen LogP contribution in [0.5, 0.6) is 5.75 Å². The zero-order valence-electron chi connectivity index (χ0n) is 13.9. The number of carbonyl (C=O) groups excluding carboxylic acids is 1. The Morgan fingerprint density at radius 1 is 1.38 bits per heavy atom. The number of aliphatic hydroxyl groups is 1. The quantitative estimate of drug-likeness (QED) is 0.745. The number of methoxy groups -OCH3 is 1. The SMILES string of the molecule is COc1cc(CCNC(=O)NC2C3CCC(C3)C2CO)ccc1F. The minimum absolute atomic E-state index is 0.0830. The van der Waals surface area contributed by atoms with Gasteiger partial charge in [0, 0.05) is 25.1 Å². The molecular formula is C18H25FN2O3. The van der Waals surface area contributed by atoms with Crippen molar-refractivity contribution < 1.29 is 19.0 Å². The number of urea groups is 1. The molecule has 5 nitrogen and oxygen atoms in total. The lowest BCUT2D eigenvalue weighted by molar-refractivity contribution is 0.144. The van der Waals surface area contributed by atoms with Gasteiger partial charge in [-0.05, 0) is 55.2 Å². The van der Waals surface area contributed by atoms with Crippen LogP contribution in [0, 0.1) is 23.6 Å². The van der Waals surface area contributed by atoms with E-state index < -0.39 is 5.82 Å². The molecule has 24 heavy (non-hydrogen) atoms. The molecule has 4 atom stereocenters. The Morgan fingerprint density at radius 3 is 2.92 bits per heavy atom. The predicted molar refractivity (Wildman–Crippen MR) is 88.4 cm³/mol. The molecule has 2 aliphatic carbocycles. The first-order valence-corrected chi connectivity index (χ1v) is 8.60. The molecule has 2 aliphatic rings. The molecule has 2 fully saturated rings. The molecule has 3 rings (SSSR count). The van der Waals surface area contributed by atoms with Crippen molar-refractivity contribution in [3.8, 4) is 5.75 Å². The molecule has 2 amide bonds. The van der Waals surface area contributed by atoms with Crippen LogP contribution in [-0.2, 0) is 6.42 Å². The average Bonchev–Trinajstić information content (AvgIpc) is 3.17. The first-order valence-electron chi connectivity index (χ1n) is 8.60. The molecule has 0 aliphatic heterocycles. The maximum Gasteiger partial charge on any atom is 0.315 e. The van der Waals surface area contributed by atoms with E-state index in [1.807, 2.05) is 0 Å². The van der Waals surface area contributed by atoms with Gasteiger partial charge in [-0.15, -0.1) is 0 Å². The number of hydrogen-bond donors (Lipinski definition) is 3. The highest BCUT2D eigenvalue weighted by atomic mass is 19.1. The van der Waals surface area contributed by atoms with Crippen molar-refractivity contribution in [3.05, 3.63) is 29.6 Å². The van der Waals surface area contributed by atoms with E-state index in [1.54, 1.807) is 12.1 Å². The fraction of sp³-hybridized carbons (Fsp3) is 0.611. The molecule has 6 heteroatoms. The Balaban J connectivity index is 1.46. The minimum Gasteiger partial charge on any atom is -0.494 e. The molecule has 4 unspecified atom stereocenters. The summed E-state index contributed by atoms with van der Waals surface area (Å²) in [5.41, 5.74) is 0.904. The lowest BCUT2D eigenvalue weighted by Crippen LogP contribution is -2.49. The van der Waals surface area contributed by atoms with E-state index in [-0.39, 0.29) is 30.3 Å². The van der Waals surface area contributed by atoms with Gasteiger partial charge in [0.1, 0.15) is 0 Å². The number of carbonyl (C=O) groups is 1. The summed E-state index contributed by atoms with van der Waals surface area (Å²) in [4.78, 5) is 12.1. The fourth-order valence-corrected chi connectivity index (χ4v) is 4.28. The summed E-state index contributed by atoms with van der Waals surface area (Å²) in [5, 5.41) is 15.4. The third-order valence-electron chi connectivity index (χ3n) is 5.51. The highest BCUT2D eigenvalue weighted by Gasteiger charge is 2.47. The standard InChI is InChI=1S/C18H25FN2O3/c1-24-16-8-11(2-5-15(16)19)6-7-20-18(23)21-17-13-4-3-12(9-13)14(17)10-22/h2,5,8,12-14,17,22H,3-4,6-7,9-10H2,1H3,(H2,20,21,23).